The Labute approximate surface area is 118 Å². The first-order chi connectivity index (χ1) is 9.01. The number of benzene rings is 1. The summed E-state index contributed by atoms with van der Waals surface area (Å²) in [5.41, 5.74) is 1.18. The molecule has 0 unspecified atom stereocenters. The molecule has 0 radical (unpaired) electrons. The number of halogens is 2. The summed E-state index contributed by atoms with van der Waals surface area (Å²) >= 11 is 6.91. The summed E-state index contributed by atoms with van der Waals surface area (Å²) in [6.07, 6.45) is 0. The fourth-order valence-corrected chi connectivity index (χ4v) is 2.54. The number of hydrogen-bond donors (Lipinski definition) is 1. The normalized spacial score (nSPS) is 10.3. The summed E-state index contributed by atoms with van der Waals surface area (Å²) in [4.78, 5) is 15.6. The number of nitrogens with one attached hydrogen (secondary N) is 1. The van der Waals surface area contributed by atoms with Crippen LogP contribution in [-0.4, -0.2) is 18.1 Å². The number of anilines is 2. The van der Waals surface area contributed by atoms with E-state index >= 15 is 0 Å². The maximum atomic E-state index is 13.1. The minimum atomic E-state index is -0.536. The monoisotopic (exact) mass is 300 g/mol. The van der Waals surface area contributed by atoms with Crippen molar-refractivity contribution in [2.75, 3.05) is 12.4 Å². The molecule has 2 rings (SSSR count). The quantitative estimate of drug-likeness (QED) is 0.877. The number of nitrogens with zero attached hydrogens (tertiary/aromatic N) is 1. The van der Waals surface area contributed by atoms with E-state index in [-0.39, 0.29) is 15.8 Å². The molecule has 0 spiro atoms. The van der Waals surface area contributed by atoms with E-state index in [1.54, 1.807) is 19.1 Å². The minimum absolute atomic E-state index is 0.0817. The second-order valence-corrected chi connectivity index (χ2v) is 5.08. The molecule has 1 heterocycles. The van der Waals surface area contributed by atoms with Crippen molar-refractivity contribution in [1.82, 2.24) is 4.98 Å². The van der Waals surface area contributed by atoms with E-state index in [2.05, 4.69) is 15.0 Å². The summed E-state index contributed by atoms with van der Waals surface area (Å²) < 4.78 is 17.7. The van der Waals surface area contributed by atoms with Crippen molar-refractivity contribution in [3.05, 3.63) is 39.6 Å². The molecule has 0 atom stereocenters. The van der Waals surface area contributed by atoms with Crippen molar-refractivity contribution in [3.63, 3.8) is 0 Å². The standard InChI is InChI=1S/C12H10ClFN2O2S/c1-6-5-7(3-4-8(6)14)15-12-16-10(13)9(19-12)11(17)18-2/h3-5H,1-2H3,(H,15,16). The number of methoxy groups -OCH3 is 1. The highest BCUT2D eigenvalue weighted by Crippen LogP contribution is 2.30. The van der Waals surface area contributed by atoms with Gasteiger partial charge in [-0.25, -0.2) is 14.2 Å². The molecule has 2 aromatic rings. The van der Waals surface area contributed by atoms with Gasteiger partial charge in [0.25, 0.3) is 0 Å². The highest BCUT2D eigenvalue weighted by molar-refractivity contribution is 7.18. The number of ether oxygens (including phenoxy) is 1. The van der Waals surface area contributed by atoms with Crippen LogP contribution in [-0.2, 0) is 4.74 Å². The topological polar surface area (TPSA) is 51.2 Å². The predicted octanol–water partition coefficient (Wildman–Crippen LogP) is 3.77. The van der Waals surface area contributed by atoms with Crippen molar-refractivity contribution in [2.24, 2.45) is 0 Å². The van der Waals surface area contributed by atoms with Gasteiger partial charge in [0, 0.05) is 5.69 Å². The zero-order chi connectivity index (χ0) is 14.0. The average Bonchev–Trinajstić information content (AvgIpc) is 2.74. The molecule has 100 valence electrons. The van der Waals surface area contributed by atoms with Gasteiger partial charge in [0.05, 0.1) is 7.11 Å². The number of aryl methyl sites for hydroxylation is 1. The second kappa shape index (κ2) is 5.54. The second-order valence-electron chi connectivity index (χ2n) is 3.72. The lowest BCUT2D eigenvalue weighted by molar-refractivity contribution is 0.0606. The first-order valence-electron chi connectivity index (χ1n) is 5.29. The fourth-order valence-electron chi connectivity index (χ4n) is 1.42. The Morgan fingerprint density at radius 1 is 1.53 bits per heavy atom. The summed E-state index contributed by atoms with van der Waals surface area (Å²) in [6, 6.07) is 4.58. The number of rotatable bonds is 3. The Bertz CT molecular complexity index is 630. The van der Waals surface area contributed by atoms with Gasteiger partial charge in [0.1, 0.15) is 5.82 Å². The lowest BCUT2D eigenvalue weighted by atomic mass is 10.2. The van der Waals surface area contributed by atoms with E-state index in [9.17, 15) is 9.18 Å². The third-order valence-corrected chi connectivity index (χ3v) is 3.70. The van der Waals surface area contributed by atoms with Crippen molar-refractivity contribution in [2.45, 2.75) is 6.92 Å². The molecule has 7 heteroatoms. The van der Waals surface area contributed by atoms with E-state index in [0.29, 0.717) is 16.4 Å². The largest absolute Gasteiger partial charge is 0.465 e. The number of aromatic nitrogens is 1. The molecule has 0 aliphatic carbocycles. The van der Waals surface area contributed by atoms with Gasteiger partial charge < -0.3 is 10.1 Å². The smallest absolute Gasteiger partial charge is 0.351 e. The van der Waals surface area contributed by atoms with Crippen LogP contribution >= 0.6 is 22.9 Å². The molecular formula is C12H10ClFN2O2S. The van der Waals surface area contributed by atoms with E-state index in [1.807, 2.05) is 0 Å². The third-order valence-electron chi connectivity index (χ3n) is 2.37. The van der Waals surface area contributed by atoms with Gasteiger partial charge in [-0.1, -0.05) is 22.9 Å². The molecule has 1 aromatic heterocycles. The maximum absolute atomic E-state index is 13.1. The van der Waals surface area contributed by atoms with Gasteiger partial charge in [-0.3, -0.25) is 0 Å². The Balaban J connectivity index is 2.24. The molecule has 0 aliphatic heterocycles. The average molecular weight is 301 g/mol. The van der Waals surface area contributed by atoms with Crippen LogP contribution in [0.2, 0.25) is 5.15 Å². The molecule has 0 fully saturated rings. The first-order valence-corrected chi connectivity index (χ1v) is 6.48. The summed E-state index contributed by atoms with van der Waals surface area (Å²) in [6.45, 7) is 1.66. The summed E-state index contributed by atoms with van der Waals surface area (Å²) in [7, 11) is 1.27. The molecule has 0 bridgehead atoms. The zero-order valence-electron chi connectivity index (χ0n) is 10.2. The van der Waals surface area contributed by atoms with Crippen LogP contribution in [0.4, 0.5) is 15.2 Å². The highest BCUT2D eigenvalue weighted by atomic mass is 35.5. The number of thiazole rings is 1. The molecule has 0 saturated heterocycles. The lowest BCUT2D eigenvalue weighted by Crippen LogP contribution is -1.98. The van der Waals surface area contributed by atoms with Gasteiger partial charge in [-0.2, -0.15) is 0 Å². The van der Waals surface area contributed by atoms with Crippen LogP contribution in [0.1, 0.15) is 15.2 Å². The van der Waals surface area contributed by atoms with Gasteiger partial charge in [-0.05, 0) is 30.7 Å². The van der Waals surface area contributed by atoms with E-state index in [4.69, 9.17) is 11.6 Å². The number of carbonyl (C=O) groups is 1. The van der Waals surface area contributed by atoms with Gasteiger partial charge in [-0.15, -0.1) is 0 Å². The fraction of sp³-hybridized carbons (Fsp3) is 0.167. The van der Waals surface area contributed by atoms with Crippen LogP contribution in [0.25, 0.3) is 0 Å². The molecule has 4 nitrogen and oxygen atoms in total. The van der Waals surface area contributed by atoms with Gasteiger partial charge >= 0.3 is 5.97 Å². The molecular weight excluding hydrogens is 291 g/mol. The Morgan fingerprint density at radius 2 is 2.26 bits per heavy atom. The minimum Gasteiger partial charge on any atom is -0.465 e. The van der Waals surface area contributed by atoms with Gasteiger partial charge in [0.2, 0.25) is 0 Å². The van der Waals surface area contributed by atoms with Crippen molar-refractivity contribution in [3.8, 4) is 0 Å². The van der Waals surface area contributed by atoms with Gasteiger partial charge in [0.15, 0.2) is 15.2 Å². The van der Waals surface area contributed by atoms with Crippen LogP contribution in [0.15, 0.2) is 18.2 Å². The van der Waals surface area contributed by atoms with Crippen LogP contribution in [0.3, 0.4) is 0 Å². The zero-order valence-corrected chi connectivity index (χ0v) is 11.7. The number of esters is 1. The predicted molar refractivity (Wildman–Crippen MR) is 72.9 cm³/mol. The SMILES string of the molecule is COC(=O)c1sc(Nc2ccc(F)c(C)c2)nc1Cl. The number of hydrogen-bond acceptors (Lipinski definition) is 5. The third kappa shape index (κ3) is 3.02. The molecule has 0 saturated carbocycles. The first kappa shape index (κ1) is 13.8. The Kier molecular flexibility index (Phi) is 4.01. The van der Waals surface area contributed by atoms with Crippen molar-refractivity contribution < 1.29 is 13.9 Å². The molecule has 19 heavy (non-hydrogen) atoms. The Hall–Kier alpha value is -1.66. The van der Waals surface area contributed by atoms with E-state index in [0.717, 1.165) is 11.3 Å². The lowest BCUT2D eigenvalue weighted by Gasteiger charge is -2.03. The maximum Gasteiger partial charge on any atom is 0.351 e. The van der Waals surface area contributed by atoms with Crippen molar-refractivity contribution >= 4 is 39.7 Å². The van der Waals surface area contributed by atoms with E-state index in [1.165, 1.54) is 13.2 Å². The Morgan fingerprint density at radius 3 is 2.89 bits per heavy atom. The molecule has 1 aromatic carbocycles. The van der Waals surface area contributed by atoms with Crippen LogP contribution < -0.4 is 5.32 Å². The van der Waals surface area contributed by atoms with Crippen LogP contribution in [0, 0.1) is 12.7 Å². The molecule has 1 N–H and O–H groups in total. The van der Waals surface area contributed by atoms with Crippen molar-refractivity contribution in [1.29, 1.82) is 0 Å². The highest BCUT2D eigenvalue weighted by Gasteiger charge is 2.17. The number of carbonyl (C=O) groups excluding carboxylic acids is 1. The summed E-state index contributed by atoms with van der Waals surface area (Å²) in [5, 5.41) is 3.48. The summed E-state index contributed by atoms with van der Waals surface area (Å²) in [5.74, 6) is -0.816. The molecule has 0 aliphatic rings. The molecule has 0 amide bonds. The van der Waals surface area contributed by atoms with E-state index < -0.39 is 5.97 Å². The van der Waals surface area contributed by atoms with Crippen LogP contribution in [0.5, 0.6) is 0 Å².